The average Bonchev–Trinajstić information content (AvgIpc) is 3.32. The molecule has 3 aliphatic rings. The van der Waals surface area contributed by atoms with Crippen LogP contribution in [0, 0.1) is 17.5 Å². The van der Waals surface area contributed by atoms with Gasteiger partial charge in [0.25, 0.3) is 5.91 Å². The highest BCUT2D eigenvalue weighted by molar-refractivity contribution is 6.04. The van der Waals surface area contributed by atoms with Gasteiger partial charge < -0.3 is 24.3 Å². The molecule has 40 heavy (non-hydrogen) atoms. The summed E-state index contributed by atoms with van der Waals surface area (Å²) in [5.74, 6) is -1.96. The fourth-order valence-corrected chi connectivity index (χ4v) is 6.08. The molecule has 0 saturated carbocycles. The SMILES string of the molecule is O=C1c2cc(F)cc(F)c2N(c2cccc(F)c2)C2c3[nH]c4ccc(OCCN5CCOCC5)cc4c3CCN12. The van der Waals surface area contributed by atoms with Gasteiger partial charge in [0, 0.05) is 48.8 Å². The number of ether oxygens (including phenoxy) is 2. The summed E-state index contributed by atoms with van der Waals surface area (Å²) in [4.78, 5) is 22.5. The number of morpholine rings is 1. The molecule has 0 spiro atoms. The summed E-state index contributed by atoms with van der Waals surface area (Å²) in [7, 11) is 0. The Kier molecular flexibility index (Phi) is 6.16. The number of fused-ring (bicyclic) bond motifs is 6. The van der Waals surface area contributed by atoms with Gasteiger partial charge in [-0.15, -0.1) is 0 Å². The van der Waals surface area contributed by atoms with Crippen molar-refractivity contribution < 1.29 is 27.4 Å². The molecular formula is C30H27F3N4O3. The van der Waals surface area contributed by atoms with Gasteiger partial charge in [-0.05, 0) is 54.4 Å². The second-order valence-electron chi connectivity index (χ2n) is 10.3. The predicted octanol–water partition coefficient (Wildman–Crippen LogP) is 5.15. The number of aromatic amines is 1. The lowest BCUT2D eigenvalue weighted by molar-refractivity contribution is 0.0322. The number of H-pyrrole nitrogens is 1. The topological polar surface area (TPSA) is 61.0 Å². The minimum Gasteiger partial charge on any atom is -0.492 e. The van der Waals surface area contributed by atoms with Crippen LogP contribution in [0.2, 0.25) is 0 Å². The molecule has 1 unspecified atom stereocenters. The third-order valence-corrected chi connectivity index (χ3v) is 7.94. The number of rotatable bonds is 5. The Bertz CT molecular complexity index is 1620. The lowest BCUT2D eigenvalue weighted by Gasteiger charge is -2.47. The van der Waals surface area contributed by atoms with Crippen LogP contribution in [0.3, 0.4) is 0 Å². The quantitative estimate of drug-likeness (QED) is 0.374. The minimum atomic E-state index is -0.883. The lowest BCUT2D eigenvalue weighted by Crippen LogP contribution is -2.51. The number of benzene rings is 3. The van der Waals surface area contributed by atoms with Gasteiger partial charge in [0.1, 0.15) is 24.0 Å². The van der Waals surface area contributed by atoms with E-state index in [0.29, 0.717) is 31.0 Å². The normalized spacial score (nSPS) is 19.0. The second-order valence-corrected chi connectivity index (χ2v) is 10.3. The van der Waals surface area contributed by atoms with Crippen LogP contribution in [-0.4, -0.2) is 66.7 Å². The van der Waals surface area contributed by atoms with Gasteiger partial charge in [-0.3, -0.25) is 9.69 Å². The molecular weight excluding hydrogens is 521 g/mol. The van der Waals surface area contributed by atoms with Gasteiger partial charge in [-0.2, -0.15) is 0 Å². The molecule has 7 rings (SSSR count). The molecule has 0 aliphatic carbocycles. The van der Waals surface area contributed by atoms with Crippen LogP contribution >= 0.6 is 0 Å². The summed E-state index contributed by atoms with van der Waals surface area (Å²) < 4.78 is 55.5. The van der Waals surface area contributed by atoms with E-state index in [9.17, 15) is 13.6 Å². The molecule has 0 bridgehead atoms. The van der Waals surface area contributed by atoms with Crippen molar-refractivity contribution in [2.24, 2.45) is 0 Å². The van der Waals surface area contributed by atoms with Crippen LogP contribution in [0.5, 0.6) is 5.75 Å². The van der Waals surface area contributed by atoms with Crippen LogP contribution in [0.15, 0.2) is 54.6 Å². The third kappa shape index (κ3) is 4.18. The molecule has 1 saturated heterocycles. The maximum absolute atomic E-state index is 15.4. The zero-order chi connectivity index (χ0) is 27.4. The van der Waals surface area contributed by atoms with Gasteiger partial charge in [-0.1, -0.05) is 6.07 Å². The van der Waals surface area contributed by atoms with E-state index < -0.39 is 29.5 Å². The first-order valence-electron chi connectivity index (χ1n) is 13.4. The van der Waals surface area contributed by atoms with E-state index in [4.69, 9.17) is 9.47 Å². The molecule has 1 amide bonds. The number of carbonyl (C=O) groups excluding carboxylic acids is 1. The highest BCUT2D eigenvalue weighted by Gasteiger charge is 2.45. The molecule has 1 atom stereocenters. The zero-order valence-electron chi connectivity index (χ0n) is 21.6. The van der Waals surface area contributed by atoms with Crippen molar-refractivity contribution in [1.82, 2.24) is 14.8 Å². The van der Waals surface area contributed by atoms with Crippen molar-refractivity contribution in [3.63, 3.8) is 0 Å². The Labute approximate surface area is 228 Å². The smallest absolute Gasteiger partial charge is 0.258 e. The van der Waals surface area contributed by atoms with Crippen molar-refractivity contribution in [1.29, 1.82) is 0 Å². The number of carbonyl (C=O) groups is 1. The number of aromatic nitrogens is 1. The van der Waals surface area contributed by atoms with Crippen LogP contribution in [0.1, 0.15) is 27.8 Å². The standard InChI is InChI=1S/C30H27F3N4O3/c31-18-2-1-3-20(14-18)37-28-24(15-19(32)16-25(28)33)30(38)36-7-6-22-23-17-21(4-5-26(23)34-27(22)29(36)37)40-13-10-35-8-11-39-12-9-35/h1-5,14-17,29,34H,6-13H2. The first-order chi connectivity index (χ1) is 19.5. The molecule has 1 fully saturated rings. The summed E-state index contributed by atoms with van der Waals surface area (Å²) in [6.07, 6.45) is -0.234. The van der Waals surface area contributed by atoms with Crippen molar-refractivity contribution in [2.45, 2.75) is 12.6 Å². The predicted molar refractivity (Wildman–Crippen MR) is 143 cm³/mol. The molecule has 4 heterocycles. The first-order valence-corrected chi connectivity index (χ1v) is 13.4. The van der Waals surface area contributed by atoms with E-state index in [2.05, 4.69) is 9.88 Å². The zero-order valence-corrected chi connectivity index (χ0v) is 21.6. The van der Waals surface area contributed by atoms with Crippen LogP contribution in [0.25, 0.3) is 10.9 Å². The second kappa shape index (κ2) is 9.87. The van der Waals surface area contributed by atoms with E-state index >= 15 is 4.39 Å². The molecule has 1 aromatic heterocycles. The Morgan fingerprint density at radius 3 is 2.65 bits per heavy atom. The molecule has 3 aliphatic heterocycles. The monoisotopic (exact) mass is 548 g/mol. The van der Waals surface area contributed by atoms with Crippen LogP contribution in [0.4, 0.5) is 24.5 Å². The fourth-order valence-electron chi connectivity index (χ4n) is 6.08. The summed E-state index contributed by atoms with van der Waals surface area (Å²) >= 11 is 0. The number of amides is 1. The van der Waals surface area contributed by atoms with Crippen molar-refractivity contribution in [3.8, 4) is 5.75 Å². The number of halogens is 3. The van der Waals surface area contributed by atoms with Crippen LogP contribution in [-0.2, 0) is 11.2 Å². The maximum atomic E-state index is 15.4. The number of hydrogen-bond donors (Lipinski definition) is 1. The molecule has 206 valence electrons. The fraction of sp³-hybridized carbons (Fsp3) is 0.300. The average molecular weight is 549 g/mol. The molecule has 7 nitrogen and oxygen atoms in total. The Morgan fingerprint density at radius 2 is 1.82 bits per heavy atom. The van der Waals surface area contributed by atoms with E-state index in [-0.39, 0.29) is 11.3 Å². The van der Waals surface area contributed by atoms with Crippen molar-refractivity contribution in [2.75, 3.05) is 50.9 Å². The molecule has 4 aromatic rings. The summed E-state index contributed by atoms with van der Waals surface area (Å²) in [6.45, 7) is 4.93. The molecule has 0 radical (unpaired) electrons. The van der Waals surface area contributed by atoms with Gasteiger partial charge in [0.05, 0.1) is 30.2 Å². The van der Waals surface area contributed by atoms with Gasteiger partial charge in [0.2, 0.25) is 0 Å². The highest BCUT2D eigenvalue weighted by atomic mass is 19.1. The Hall–Kier alpha value is -4.02. The third-order valence-electron chi connectivity index (χ3n) is 7.94. The number of anilines is 2. The largest absolute Gasteiger partial charge is 0.492 e. The minimum absolute atomic E-state index is 0.0723. The number of nitrogens with zero attached hydrogens (tertiary/aromatic N) is 3. The lowest BCUT2D eigenvalue weighted by atomic mass is 9.94. The Balaban J connectivity index is 1.29. The summed E-state index contributed by atoms with van der Waals surface area (Å²) in [5, 5.41) is 0.954. The Morgan fingerprint density at radius 1 is 0.975 bits per heavy atom. The van der Waals surface area contributed by atoms with Crippen molar-refractivity contribution >= 4 is 28.2 Å². The van der Waals surface area contributed by atoms with E-state index in [0.717, 1.165) is 67.2 Å². The number of nitrogens with one attached hydrogen (secondary N) is 1. The van der Waals surface area contributed by atoms with Gasteiger partial charge in [-0.25, -0.2) is 13.2 Å². The first kappa shape index (κ1) is 25.0. The van der Waals surface area contributed by atoms with Crippen molar-refractivity contribution in [3.05, 3.63) is 88.9 Å². The van der Waals surface area contributed by atoms with Gasteiger partial charge >= 0.3 is 0 Å². The van der Waals surface area contributed by atoms with Gasteiger partial charge in [0.15, 0.2) is 12.0 Å². The van der Waals surface area contributed by atoms with E-state index in [1.54, 1.807) is 15.9 Å². The maximum Gasteiger partial charge on any atom is 0.258 e. The molecule has 1 N–H and O–H groups in total. The van der Waals surface area contributed by atoms with Crippen LogP contribution < -0.4 is 9.64 Å². The summed E-state index contributed by atoms with van der Waals surface area (Å²) in [6, 6.07) is 13.4. The molecule has 10 heteroatoms. The number of hydrogen-bond acceptors (Lipinski definition) is 5. The summed E-state index contributed by atoms with van der Waals surface area (Å²) in [5.41, 5.74) is 2.73. The highest BCUT2D eigenvalue weighted by Crippen LogP contribution is 2.48. The van der Waals surface area contributed by atoms with E-state index in [1.807, 2.05) is 18.2 Å². The van der Waals surface area contributed by atoms with E-state index in [1.165, 1.54) is 18.2 Å². The molecule has 3 aromatic carbocycles.